The molecule has 0 aromatic heterocycles. The Labute approximate surface area is 196 Å². The van der Waals surface area contributed by atoms with Crippen LogP contribution in [0.4, 0.5) is 0 Å². The van der Waals surface area contributed by atoms with Gasteiger partial charge in [-0.15, -0.1) is 0 Å². The maximum atomic E-state index is 13.5. The largest absolute Gasteiger partial charge is 0.338 e. The molecule has 2 heterocycles. The van der Waals surface area contributed by atoms with Gasteiger partial charge in [0.25, 0.3) is 5.91 Å². The Bertz CT molecular complexity index is 1220. The number of fused-ring (bicyclic) bond motifs is 1. The summed E-state index contributed by atoms with van der Waals surface area (Å²) in [5, 5.41) is -1.30. The molecule has 178 valence electrons. The van der Waals surface area contributed by atoms with E-state index in [4.69, 9.17) is 0 Å². The van der Waals surface area contributed by atoms with Crippen molar-refractivity contribution in [2.75, 3.05) is 38.5 Å². The monoisotopic (exact) mass is 490 g/mol. The second-order valence-electron chi connectivity index (χ2n) is 8.63. The van der Waals surface area contributed by atoms with Crippen molar-refractivity contribution in [1.29, 1.82) is 0 Å². The molecule has 4 rings (SSSR count). The van der Waals surface area contributed by atoms with Gasteiger partial charge in [0.15, 0.2) is 19.7 Å². The summed E-state index contributed by atoms with van der Waals surface area (Å²) < 4.78 is 52.7. The molecule has 2 aliphatic heterocycles. The van der Waals surface area contributed by atoms with E-state index in [1.807, 2.05) is 6.92 Å². The van der Waals surface area contributed by atoms with Crippen LogP contribution in [0.2, 0.25) is 0 Å². The third kappa shape index (κ3) is 4.72. The van der Waals surface area contributed by atoms with Gasteiger partial charge in [0.05, 0.1) is 15.5 Å². The van der Waals surface area contributed by atoms with E-state index in [1.54, 1.807) is 29.2 Å². The fourth-order valence-corrected chi connectivity index (χ4v) is 9.12. The van der Waals surface area contributed by atoms with Crippen molar-refractivity contribution >= 4 is 25.6 Å². The average molecular weight is 491 g/mol. The van der Waals surface area contributed by atoms with Crippen LogP contribution in [-0.4, -0.2) is 71.0 Å². The molecule has 0 bridgehead atoms. The number of hydrogen-bond donors (Lipinski definition) is 0. The Hall–Kier alpha value is -2.23. The lowest BCUT2D eigenvalue weighted by atomic mass is 10.0. The highest BCUT2D eigenvalue weighted by Gasteiger charge is 2.45. The third-order valence-electron chi connectivity index (χ3n) is 6.57. The molecule has 2 aromatic carbocycles. The van der Waals surface area contributed by atoms with Gasteiger partial charge < -0.3 is 9.80 Å². The molecule has 0 aliphatic carbocycles. The van der Waals surface area contributed by atoms with Crippen molar-refractivity contribution in [2.45, 2.75) is 41.2 Å². The number of amides is 1. The molecule has 1 fully saturated rings. The van der Waals surface area contributed by atoms with Crippen LogP contribution < -0.4 is 0 Å². The Morgan fingerprint density at radius 2 is 1.73 bits per heavy atom. The van der Waals surface area contributed by atoms with Gasteiger partial charge in [-0.1, -0.05) is 30.7 Å². The molecule has 9 heteroatoms. The zero-order valence-corrected chi connectivity index (χ0v) is 20.4. The van der Waals surface area contributed by atoms with Crippen LogP contribution in [0.15, 0.2) is 58.3 Å². The lowest BCUT2D eigenvalue weighted by Gasteiger charge is -2.30. The average Bonchev–Trinajstić information content (AvgIpc) is 3.12. The van der Waals surface area contributed by atoms with Gasteiger partial charge in [0, 0.05) is 30.8 Å². The quantitative estimate of drug-likeness (QED) is 0.593. The first-order valence-corrected chi connectivity index (χ1v) is 14.6. The number of sulfone groups is 2. The van der Waals surface area contributed by atoms with E-state index in [1.165, 1.54) is 30.7 Å². The van der Waals surface area contributed by atoms with Crippen molar-refractivity contribution in [3.8, 4) is 0 Å². The van der Waals surface area contributed by atoms with E-state index in [-0.39, 0.29) is 26.8 Å². The molecular formula is C24H30N2O5S2. The Morgan fingerprint density at radius 1 is 1.03 bits per heavy atom. The minimum atomic E-state index is -4.00. The van der Waals surface area contributed by atoms with Crippen LogP contribution in [0.25, 0.3) is 0 Å². The molecule has 0 spiro atoms. The van der Waals surface area contributed by atoms with Crippen LogP contribution in [0, 0.1) is 0 Å². The lowest BCUT2D eigenvalue weighted by molar-refractivity contribution is 0.0737. The molecule has 2 aromatic rings. The number of hydrogen-bond acceptors (Lipinski definition) is 6. The number of piperidine rings is 1. The van der Waals surface area contributed by atoms with Crippen molar-refractivity contribution in [3.63, 3.8) is 0 Å². The molecule has 1 amide bonds. The van der Waals surface area contributed by atoms with E-state index in [0.29, 0.717) is 13.1 Å². The van der Waals surface area contributed by atoms with Gasteiger partial charge in [-0.05, 0) is 57.1 Å². The number of carbonyl (C=O) groups is 1. The summed E-state index contributed by atoms with van der Waals surface area (Å²) in [6.45, 7) is 5.64. The fraction of sp³-hybridized carbons (Fsp3) is 0.458. The molecule has 33 heavy (non-hydrogen) atoms. The summed E-state index contributed by atoms with van der Waals surface area (Å²) in [4.78, 5) is 17.6. The third-order valence-corrected chi connectivity index (χ3v) is 10.7. The van der Waals surface area contributed by atoms with E-state index in [2.05, 4.69) is 4.90 Å². The van der Waals surface area contributed by atoms with Gasteiger partial charge in [-0.25, -0.2) is 16.8 Å². The summed E-state index contributed by atoms with van der Waals surface area (Å²) in [6, 6.07) is 12.3. The maximum Gasteiger partial charge on any atom is 0.254 e. The number of nitrogens with zero attached hydrogens (tertiary/aromatic N) is 2. The van der Waals surface area contributed by atoms with Crippen LogP contribution >= 0.6 is 0 Å². The predicted molar refractivity (Wildman–Crippen MR) is 127 cm³/mol. The normalized spacial score (nSPS) is 20.3. The molecule has 1 unspecified atom stereocenters. The second kappa shape index (κ2) is 9.56. The molecule has 1 saturated heterocycles. The van der Waals surface area contributed by atoms with E-state index in [0.717, 1.165) is 32.5 Å². The molecule has 0 N–H and O–H groups in total. The molecule has 0 saturated carbocycles. The van der Waals surface area contributed by atoms with E-state index in [9.17, 15) is 21.6 Å². The second-order valence-corrected chi connectivity index (χ2v) is 12.8. The van der Waals surface area contributed by atoms with Crippen LogP contribution in [-0.2, 0) is 19.7 Å². The van der Waals surface area contributed by atoms with Crippen molar-refractivity contribution in [3.05, 3.63) is 59.7 Å². The molecule has 2 aliphatic rings. The van der Waals surface area contributed by atoms with Gasteiger partial charge in [0.1, 0.15) is 5.25 Å². The highest BCUT2D eigenvalue weighted by Crippen LogP contribution is 2.43. The fourth-order valence-electron chi connectivity index (χ4n) is 4.74. The smallest absolute Gasteiger partial charge is 0.254 e. The Kier molecular flexibility index (Phi) is 6.93. The minimum absolute atomic E-state index is 0.0510. The van der Waals surface area contributed by atoms with Gasteiger partial charge in [-0.3, -0.25) is 4.79 Å². The number of rotatable bonds is 7. The van der Waals surface area contributed by atoms with Crippen LogP contribution in [0.1, 0.15) is 47.4 Å². The number of benzene rings is 2. The van der Waals surface area contributed by atoms with E-state index < -0.39 is 30.7 Å². The molecule has 7 nitrogen and oxygen atoms in total. The Balaban J connectivity index is 1.69. The Morgan fingerprint density at radius 3 is 2.39 bits per heavy atom. The minimum Gasteiger partial charge on any atom is -0.338 e. The summed E-state index contributed by atoms with van der Waals surface area (Å²) >= 11 is 0. The summed E-state index contributed by atoms with van der Waals surface area (Å²) in [7, 11) is -7.82. The maximum absolute atomic E-state index is 13.5. The highest BCUT2D eigenvalue weighted by molar-refractivity contribution is 7.96. The van der Waals surface area contributed by atoms with Crippen molar-refractivity contribution < 1.29 is 21.6 Å². The molecule has 0 radical (unpaired) electrons. The van der Waals surface area contributed by atoms with Gasteiger partial charge in [0.2, 0.25) is 0 Å². The van der Waals surface area contributed by atoms with Crippen molar-refractivity contribution in [2.24, 2.45) is 0 Å². The van der Waals surface area contributed by atoms with Gasteiger partial charge >= 0.3 is 0 Å². The van der Waals surface area contributed by atoms with Crippen LogP contribution in [0.3, 0.4) is 0 Å². The first-order valence-electron chi connectivity index (χ1n) is 11.4. The first kappa shape index (κ1) is 23.9. The zero-order chi connectivity index (χ0) is 23.6. The number of likely N-dealkylation sites (tertiary alicyclic amines) is 1. The predicted octanol–water partition coefficient (Wildman–Crippen LogP) is 2.94. The lowest BCUT2D eigenvalue weighted by Crippen LogP contribution is -2.40. The summed E-state index contributed by atoms with van der Waals surface area (Å²) in [5.74, 6) is -0.874. The summed E-state index contributed by atoms with van der Waals surface area (Å²) in [6.07, 6.45) is 3.54. The van der Waals surface area contributed by atoms with E-state index >= 15 is 0 Å². The zero-order valence-electron chi connectivity index (χ0n) is 18.8. The van der Waals surface area contributed by atoms with Gasteiger partial charge in [-0.2, -0.15) is 0 Å². The molecular weight excluding hydrogens is 460 g/mol. The van der Waals surface area contributed by atoms with Crippen LogP contribution in [0.5, 0.6) is 0 Å². The SMILES string of the molecule is CCN(CCN1CCCCC1)C(=O)c1cccc2c1C(S(=O)(=O)c1ccccc1)CS2(=O)=O. The number of carbonyl (C=O) groups excluding carboxylic acids is 1. The highest BCUT2D eigenvalue weighted by atomic mass is 32.2. The number of likely N-dealkylation sites (N-methyl/N-ethyl adjacent to an activating group) is 1. The topological polar surface area (TPSA) is 91.8 Å². The summed E-state index contributed by atoms with van der Waals surface area (Å²) in [5.41, 5.74) is 0.279. The molecule has 1 atom stereocenters. The van der Waals surface area contributed by atoms with Crippen molar-refractivity contribution in [1.82, 2.24) is 9.80 Å². The standard InChI is InChI=1S/C24H30N2O5S2/c1-2-26(17-16-25-14-7-4-8-15-25)24(27)20-12-9-13-21-23(20)22(18-32(21,28)29)33(30,31)19-10-5-3-6-11-19/h3,5-6,9-13,22H,2,4,7-8,14-18H2,1H3. The first-order chi connectivity index (χ1) is 15.8.